The van der Waals surface area contributed by atoms with Gasteiger partial charge in [0.05, 0.1) is 4.90 Å². The first kappa shape index (κ1) is 23.3. The summed E-state index contributed by atoms with van der Waals surface area (Å²) in [4.78, 5) is 11.7. The molecule has 1 atom stereocenters. The van der Waals surface area contributed by atoms with E-state index in [1.54, 1.807) is 12.1 Å². The van der Waals surface area contributed by atoms with Crippen molar-refractivity contribution < 1.29 is 22.5 Å². The molecule has 7 heteroatoms. The van der Waals surface area contributed by atoms with Gasteiger partial charge in [0.1, 0.15) is 12.6 Å². The molecule has 6 nitrogen and oxygen atoms in total. The first-order valence-corrected chi connectivity index (χ1v) is 10.7. The van der Waals surface area contributed by atoms with Gasteiger partial charge in [-0.05, 0) is 36.6 Å². The highest BCUT2D eigenvalue weighted by atomic mass is 32.2. The number of carbonyl (C=O) groups excluding carboxylic acids is 1. The van der Waals surface area contributed by atoms with Gasteiger partial charge >= 0.3 is 5.97 Å². The maximum absolute atomic E-state index is 11.8. The zero-order valence-corrected chi connectivity index (χ0v) is 17.5. The molecule has 3 aromatic carbocycles. The molecule has 30 heavy (non-hydrogen) atoms. The van der Waals surface area contributed by atoms with E-state index in [-0.39, 0.29) is 17.5 Å². The number of hydrogen-bond donors (Lipinski definition) is 2. The van der Waals surface area contributed by atoms with E-state index in [4.69, 9.17) is 15.0 Å². The van der Waals surface area contributed by atoms with Gasteiger partial charge < -0.3 is 10.5 Å². The standard InChI is InChI=1S/C16H17NO2.C7H8O3S/c17-15(11-13-7-3-1-4-8-13)16(18)19-12-14-9-5-2-6-10-14;1-6-2-4-7(5-3-6)11(8,9)10/h1-10,15H,11-12,17H2;2-5H,1H3,(H,8,9,10)/t15-;/m1./s1. The third kappa shape index (κ3) is 8.16. The maximum atomic E-state index is 11.8. The van der Waals surface area contributed by atoms with Crippen molar-refractivity contribution >= 4 is 16.1 Å². The van der Waals surface area contributed by atoms with Crippen molar-refractivity contribution in [1.82, 2.24) is 0 Å². The summed E-state index contributed by atoms with van der Waals surface area (Å²) in [6, 6.07) is 24.6. The summed E-state index contributed by atoms with van der Waals surface area (Å²) in [5.74, 6) is -0.368. The van der Waals surface area contributed by atoms with E-state index in [0.29, 0.717) is 6.42 Å². The Balaban J connectivity index is 0.000000248. The first-order chi connectivity index (χ1) is 14.3. The number of benzene rings is 3. The Morgan fingerprint density at radius 3 is 1.90 bits per heavy atom. The molecule has 0 aliphatic carbocycles. The van der Waals surface area contributed by atoms with Crippen molar-refractivity contribution in [1.29, 1.82) is 0 Å². The monoisotopic (exact) mass is 427 g/mol. The van der Waals surface area contributed by atoms with Crippen LogP contribution < -0.4 is 5.73 Å². The summed E-state index contributed by atoms with van der Waals surface area (Å²) >= 11 is 0. The zero-order valence-electron chi connectivity index (χ0n) is 16.6. The average Bonchev–Trinajstić information content (AvgIpc) is 2.73. The van der Waals surface area contributed by atoms with Gasteiger partial charge in [-0.2, -0.15) is 8.42 Å². The number of esters is 1. The zero-order chi connectivity index (χ0) is 22.0. The van der Waals surface area contributed by atoms with Crippen molar-refractivity contribution in [3.8, 4) is 0 Å². The number of ether oxygens (including phenoxy) is 1. The fraction of sp³-hybridized carbons (Fsp3) is 0.174. The quantitative estimate of drug-likeness (QED) is 0.460. The Hall–Kier alpha value is -3.00. The molecule has 0 aromatic heterocycles. The van der Waals surface area contributed by atoms with Crippen LogP contribution in [0.15, 0.2) is 89.8 Å². The molecular formula is C23H25NO5S. The van der Waals surface area contributed by atoms with E-state index in [9.17, 15) is 13.2 Å². The maximum Gasteiger partial charge on any atom is 0.323 e. The van der Waals surface area contributed by atoms with Crippen LogP contribution in [-0.2, 0) is 32.7 Å². The van der Waals surface area contributed by atoms with Crippen LogP contribution in [0.3, 0.4) is 0 Å². The molecule has 0 heterocycles. The molecule has 0 spiro atoms. The van der Waals surface area contributed by atoms with E-state index in [2.05, 4.69) is 0 Å². The fourth-order valence-electron chi connectivity index (χ4n) is 2.50. The Morgan fingerprint density at radius 2 is 1.40 bits per heavy atom. The van der Waals surface area contributed by atoms with Crippen LogP contribution in [0.2, 0.25) is 0 Å². The molecule has 0 amide bonds. The van der Waals surface area contributed by atoms with Gasteiger partial charge in [-0.1, -0.05) is 78.4 Å². The molecule has 0 saturated carbocycles. The van der Waals surface area contributed by atoms with E-state index in [1.807, 2.05) is 67.6 Å². The highest BCUT2D eigenvalue weighted by molar-refractivity contribution is 7.85. The molecule has 0 fully saturated rings. The van der Waals surface area contributed by atoms with Crippen molar-refractivity contribution in [2.75, 3.05) is 0 Å². The molecule has 3 rings (SSSR count). The van der Waals surface area contributed by atoms with E-state index >= 15 is 0 Å². The molecule has 0 saturated heterocycles. The van der Waals surface area contributed by atoms with Gasteiger partial charge in [-0.3, -0.25) is 9.35 Å². The van der Waals surface area contributed by atoms with Crippen LogP contribution in [0.1, 0.15) is 16.7 Å². The summed E-state index contributed by atoms with van der Waals surface area (Å²) in [6.45, 7) is 2.11. The molecule has 0 unspecified atom stereocenters. The molecule has 0 aliphatic heterocycles. The van der Waals surface area contributed by atoms with Crippen LogP contribution in [0.5, 0.6) is 0 Å². The minimum atomic E-state index is -4.02. The predicted molar refractivity (Wildman–Crippen MR) is 115 cm³/mol. The van der Waals surface area contributed by atoms with E-state index in [1.165, 1.54) is 12.1 Å². The van der Waals surface area contributed by atoms with Crippen LogP contribution in [0, 0.1) is 6.92 Å². The van der Waals surface area contributed by atoms with Crippen LogP contribution in [0.25, 0.3) is 0 Å². The number of aryl methyl sites for hydroxylation is 1. The normalized spacial score (nSPS) is 11.7. The lowest BCUT2D eigenvalue weighted by Gasteiger charge is -2.11. The van der Waals surface area contributed by atoms with Gasteiger partial charge in [-0.25, -0.2) is 0 Å². The second-order valence-electron chi connectivity index (χ2n) is 6.68. The van der Waals surface area contributed by atoms with Crippen molar-refractivity contribution in [3.05, 3.63) is 102 Å². The van der Waals surface area contributed by atoms with Crippen molar-refractivity contribution in [3.63, 3.8) is 0 Å². The summed E-state index contributed by atoms with van der Waals surface area (Å²) in [7, 11) is -4.02. The Morgan fingerprint density at radius 1 is 0.900 bits per heavy atom. The third-order valence-corrected chi connectivity index (χ3v) is 5.01. The molecule has 0 radical (unpaired) electrons. The predicted octanol–water partition coefficient (Wildman–Crippen LogP) is 3.54. The average molecular weight is 428 g/mol. The molecule has 158 valence electrons. The highest BCUT2D eigenvalue weighted by Crippen LogP contribution is 2.08. The van der Waals surface area contributed by atoms with Crippen molar-refractivity contribution in [2.45, 2.75) is 30.9 Å². The number of nitrogens with two attached hydrogens (primary N) is 1. The summed E-state index contributed by atoms with van der Waals surface area (Å²) in [5.41, 5.74) is 8.79. The van der Waals surface area contributed by atoms with Gasteiger partial charge in [0.15, 0.2) is 0 Å². The molecule has 0 bridgehead atoms. The first-order valence-electron chi connectivity index (χ1n) is 9.30. The SMILES string of the molecule is Cc1ccc(S(=O)(=O)O)cc1.N[C@H](Cc1ccccc1)C(=O)OCc1ccccc1. The molecule has 3 aromatic rings. The highest BCUT2D eigenvalue weighted by Gasteiger charge is 2.15. The number of rotatable bonds is 6. The van der Waals surface area contributed by atoms with Gasteiger partial charge in [0.25, 0.3) is 10.1 Å². The Labute approximate surface area is 177 Å². The fourth-order valence-corrected chi connectivity index (χ4v) is 2.98. The minimum absolute atomic E-state index is 0.0666. The second kappa shape index (κ2) is 11.3. The van der Waals surface area contributed by atoms with E-state index in [0.717, 1.165) is 16.7 Å². The summed E-state index contributed by atoms with van der Waals surface area (Å²) < 4.78 is 34.7. The summed E-state index contributed by atoms with van der Waals surface area (Å²) in [6.07, 6.45) is 0.495. The van der Waals surface area contributed by atoms with Gasteiger partial charge in [0, 0.05) is 0 Å². The second-order valence-corrected chi connectivity index (χ2v) is 8.10. The largest absolute Gasteiger partial charge is 0.460 e. The van der Waals surface area contributed by atoms with Crippen LogP contribution in [-0.4, -0.2) is 25.0 Å². The van der Waals surface area contributed by atoms with Gasteiger partial charge in [0.2, 0.25) is 0 Å². The third-order valence-electron chi connectivity index (χ3n) is 4.14. The Bertz CT molecular complexity index is 1020. The van der Waals surface area contributed by atoms with Crippen LogP contribution in [0.4, 0.5) is 0 Å². The molecular weight excluding hydrogens is 402 g/mol. The topological polar surface area (TPSA) is 107 Å². The molecule has 3 N–H and O–H groups in total. The smallest absolute Gasteiger partial charge is 0.323 e. The lowest BCUT2D eigenvalue weighted by molar-refractivity contribution is -0.146. The van der Waals surface area contributed by atoms with Crippen molar-refractivity contribution in [2.24, 2.45) is 5.73 Å². The lowest BCUT2D eigenvalue weighted by atomic mass is 10.1. The minimum Gasteiger partial charge on any atom is -0.460 e. The lowest BCUT2D eigenvalue weighted by Crippen LogP contribution is -2.34. The number of carbonyl (C=O) groups is 1. The van der Waals surface area contributed by atoms with Crippen LogP contribution >= 0.6 is 0 Å². The molecule has 0 aliphatic rings. The summed E-state index contributed by atoms with van der Waals surface area (Å²) in [5, 5.41) is 0. The van der Waals surface area contributed by atoms with E-state index < -0.39 is 16.2 Å². The van der Waals surface area contributed by atoms with Gasteiger partial charge in [-0.15, -0.1) is 0 Å². The Kier molecular flexibility index (Phi) is 8.73. The number of hydrogen-bond acceptors (Lipinski definition) is 5.